The van der Waals surface area contributed by atoms with E-state index in [9.17, 15) is 0 Å². The average Bonchev–Trinajstić information content (AvgIpc) is 2.43. The third kappa shape index (κ3) is 1.38. The van der Waals surface area contributed by atoms with E-state index in [2.05, 4.69) is 4.98 Å². The third-order valence-corrected chi connectivity index (χ3v) is 2.74. The van der Waals surface area contributed by atoms with Gasteiger partial charge in [0.25, 0.3) is 0 Å². The molecular formula is C9H10N2OS. The van der Waals surface area contributed by atoms with E-state index in [4.69, 9.17) is 10.8 Å². The summed E-state index contributed by atoms with van der Waals surface area (Å²) in [5.74, 6) is 0. The summed E-state index contributed by atoms with van der Waals surface area (Å²) in [4.78, 5) is 4.16. The number of hydrogen-bond donors (Lipinski definition) is 2. The second kappa shape index (κ2) is 2.97. The monoisotopic (exact) mass is 194 g/mol. The molecule has 0 unspecified atom stereocenters. The van der Waals surface area contributed by atoms with Gasteiger partial charge in [0.1, 0.15) is 0 Å². The molecule has 4 heteroatoms. The van der Waals surface area contributed by atoms with Gasteiger partial charge in [-0.05, 0) is 18.6 Å². The minimum Gasteiger partial charge on any atom is -0.392 e. The molecule has 0 saturated heterocycles. The Hall–Kier alpha value is -1.13. The van der Waals surface area contributed by atoms with Gasteiger partial charge in [0.05, 0.1) is 16.8 Å². The van der Waals surface area contributed by atoms with E-state index >= 15 is 0 Å². The molecule has 0 atom stereocenters. The fourth-order valence-corrected chi connectivity index (χ4v) is 2.27. The zero-order valence-electron chi connectivity index (χ0n) is 7.24. The lowest BCUT2D eigenvalue weighted by atomic mass is 10.1. The Morgan fingerprint density at radius 2 is 2.31 bits per heavy atom. The third-order valence-electron chi connectivity index (χ3n) is 1.91. The van der Waals surface area contributed by atoms with Crippen molar-refractivity contribution in [1.82, 2.24) is 4.98 Å². The van der Waals surface area contributed by atoms with Gasteiger partial charge in [0.15, 0.2) is 5.13 Å². The Bertz CT molecular complexity index is 450. The molecule has 0 saturated carbocycles. The summed E-state index contributed by atoms with van der Waals surface area (Å²) in [5.41, 5.74) is 8.39. The van der Waals surface area contributed by atoms with E-state index in [1.165, 1.54) is 11.3 Å². The van der Waals surface area contributed by atoms with Gasteiger partial charge < -0.3 is 10.8 Å². The van der Waals surface area contributed by atoms with Crippen molar-refractivity contribution in [1.29, 1.82) is 0 Å². The summed E-state index contributed by atoms with van der Waals surface area (Å²) in [6.07, 6.45) is 0. The Morgan fingerprint density at radius 3 is 3.00 bits per heavy atom. The summed E-state index contributed by atoms with van der Waals surface area (Å²) in [7, 11) is 0. The lowest BCUT2D eigenvalue weighted by Crippen LogP contribution is -1.87. The van der Waals surface area contributed by atoms with Crippen molar-refractivity contribution >= 4 is 26.7 Å². The first-order valence-corrected chi connectivity index (χ1v) is 4.79. The molecule has 0 aliphatic rings. The highest BCUT2D eigenvalue weighted by Crippen LogP contribution is 2.27. The molecule has 0 aliphatic carbocycles. The zero-order chi connectivity index (χ0) is 9.42. The number of fused-ring (bicyclic) bond motifs is 1. The predicted molar refractivity (Wildman–Crippen MR) is 54.7 cm³/mol. The van der Waals surface area contributed by atoms with Crippen molar-refractivity contribution in [3.8, 4) is 0 Å². The SMILES string of the molecule is Cc1cc(CO)c2nc(N)sc2c1. The van der Waals surface area contributed by atoms with Crippen molar-refractivity contribution in [2.75, 3.05) is 5.73 Å². The van der Waals surface area contributed by atoms with Crippen LogP contribution in [0.2, 0.25) is 0 Å². The minimum absolute atomic E-state index is 0.0152. The molecule has 1 aromatic carbocycles. The van der Waals surface area contributed by atoms with Crippen LogP contribution in [0.15, 0.2) is 12.1 Å². The summed E-state index contributed by atoms with van der Waals surface area (Å²) in [6.45, 7) is 2.01. The van der Waals surface area contributed by atoms with Crippen LogP contribution in [0, 0.1) is 6.92 Å². The Labute approximate surface area is 79.8 Å². The fourth-order valence-electron chi connectivity index (χ4n) is 1.39. The largest absolute Gasteiger partial charge is 0.392 e. The van der Waals surface area contributed by atoms with Gasteiger partial charge in [-0.25, -0.2) is 4.98 Å². The molecule has 68 valence electrons. The summed E-state index contributed by atoms with van der Waals surface area (Å²) < 4.78 is 1.04. The number of anilines is 1. The zero-order valence-corrected chi connectivity index (χ0v) is 8.06. The van der Waals surface area contributed by atoms with Crippen molar-refractivity contribution in [2.24, 2.45) is 0 Å². The van der Waals surface area contributed by atoms with Crippen molar-refractivity contribution in [2.45, 2.75) is 13.5 Å². The molecule has 3 nitrogen and oxygen atoms in total. The van der Waals surface area contributed by atoms with E-state index < -0.39 is 0 Å². The summed E-state index contributed by atoms with van der Waals surface area (Å²) in [5, 5.41) is 9.64. The molecule has 0 fully saturated rings. The lowest BCUT2D eigenvalue weighted by molar-refractivity contribution is 0.283. The van der Waals surface area contributed by atoms with Gasteiger partial charge in [0.2, 0.25) is 0 Å². The molecule has 1 heterocycles. The van der Waals surface area contributed by atoms with Crippen LogP contribution in [0.5, 0.6) is 0 Å². The number of aryl methyl sites for hydroxylation is 1. The van der Waals surface area contributed by atoms with E-state index in [1.54, 1.807) is 0 Å². The topological polar surface area (TPSA) is 59.1 Å². The van der Waals surface area contributed by atoms with Crippen molar-refractivity contribution in [3.05, 3.63) is 23.3 Å². The van der Waals surface area contributed by atoms with Gasteiger partial charge in [0, 0.05) is 5.56 Å². The maximum Gasteiger partial charge on any atom is 0.181 e. The van der Waals surface area contributed by atoms with Crippen LogP contribution in [0.4, 0.5) is 5.13 Å². The van der Waals surface area contributed by atoms with Gasteiger partial charge in [-0.1, -0.05) is 17.4 Å². The van der Waals surface area contributed by atoms with Gasteiger partial charge in [-0.15, -0.1) is 0 Å². The van der Waals surface area contributed by atoms with E-state index in [0.29, 0.717) is 5.13 Å². The van der Waals surface area contributed by atoms with Crippen molar-refractivity contribution < 1.29 is 5.11 Å². The number of aliphatic hydroxyl groups excluding tert-OH is 1. The maximum absolute atomic E-state index is 9.09. The van der Waals surface area contributed by atoms with Crippen LogP contribution in [0.1, 0.15) is 11.1 Å². The molecular weight excluding hydrogens is 184 g/mol. The highest BCUT2D eigenvalue weighted by Gasteiger charge is 2.06. The first kappa shape index (κ1) is 8.47. The quantitative estimate of drug-likeness (QED) is 0.726. The van der Waals surface area contributed by atoms with Crippen LogP contribution in [-0.4, -0.2) is 10.1 Å². The van der Waals surface area contributed by atoms with Crippen molar-refractivity contribution in [3.63, 3.8) is 0 Å². The molecule has 0 bridgehead atoms. The van der Waals surface area contributed by atoms with Gasteiger partial charge in [-0.2, -0.15) is 0 Å². The second-order valence-electron chi connectivity index (χ2n) is 2.98. The van der Waals surface area contributed by atoms with Gasteiger partial charge in [-0.3, -0.25) is 0 Å². The lowest BCUT2D eigenvalue weighted by Gasteiger charge is -1.98. The number of thiazole rings is 1. The van der Waals surface area contributed by atoms with E-state index in [1.807, 2.05) is 19.1 Å². The van der Waals surface area contributed by atoms with Crippen LogP contribution in [-0.2, 0) is 6.61 Å². The second-order valence-corrected chi connectivity index (χ2v) is 4.04. The number of nitrogens with zero attached hydrogens (tertiary/aromatic N) is 1. The maximum atomic E-state index is 9.09. The fraction of sp³-hybridized carbons (Fsp3) is 0.222. The number of rotatable bonds is 1. The van der Waals surface area contributed by atoms with Crippen LogP contribution < -0.4 is 5.73 Å². The van der Waals surface area contributed by atoms with E-state index in [0.717, 1.165) is 21.3 Å². The van der Waals surface area contributed by atoms with Crippen LogP contribution >= 0.6 is 11.3 Å². The molecule has 0 radical (unpaired) electrons. The highest BCUT2D eigenvalue weighted by atomic mass is 32.1. The number of hydrogen-bond acceptors (Lipinski definition) is 4. The summed E-state index contributed by atoms with van der Waals surface area (Å²) in [6, 6.07) is 3.96. The Morgan fingerprint density at radius 1 is 1.54 bits per heavy atom. The number of nitrogens with two attached hydrogens (primary N) is 1. The highest BCUT2D eigenvalue weighted by molar-refractivity contribution is 7.22. The molecule has 2 aromatic rings. The first-order chi connectivity index (χ1) is 6.20. The number of aromatic nitrogens is 1. The first-order valence-electron chi connectivity index (χ1n) is 3.97. The Kier molecular flexibility index (Phi) is 1.94. The number of benzene rings is 1. The molecule has 3 N–H and O–H groups in total. The predicted octanol–water partition coefficient (Wildman–Crippen LogP) is 1.68. The minimum atomic E-state index is 0.0152. The summed E-state index contributed by atoms with van der Waals surface area (Å²) >= 11 is 1.45. The molecule has 0 aliphatic heterocycles. The molecule has 0 spiro atoms. The van der Waals surface area contributed by atoms with Crippen LogP contribution in [0.3, 0.4) is 0 Å². The molecule has 13 heavy (non-hydrogen) atoms. The number of aliphatic hydroxyl groups is 1. The standard InChI is InChI=1S/C9H10N2OS/c1-5-2-6(4-12)8-7(3-5)13-9(10)11-8/h2-3,12H,4H2,1H3,(H2,10,11). The van der Waals surface area contributed by atoms with E-state index in [-0.39, 0.29) is 6.61 Å². The molecule has 0 amide bonds. The number of nitrogen functional groups attached to an aromatic ring is 1. The Balaban J connectivity index is 2.80. The smallest absolute Gasteiger partial charge is 0.181 e. The van der Waals surface area contributed by atoms with Gasteiger partial charge >= 0.3 is 0 Å². The normalized spacial score (nSPS) is 10.9. The van der Waals surface area contributed by atoms with Crippen LogP contribution in [0.25, 0.3) is 10.2 Å². The molecule has 1 aromatic heterocycles. The average molecular weight is 194 g/mol. The molecule has 2 rings (SSSR count).